The molecule has 3 amide bonds. The molecule has 0 radical (unpaired) electrons. The Balaban J connectivity index is 1.22. The molecule has 1 fully saturated rings. The van der Waals surface area contributed by atoms with E-state index in [1.165, 1.54) is 0 Å². The lowest BCUT2D eigenvalue weighted by molar-refractivity contribution is -0.142. The SMILES string of the molecule is COc1ccc(NC(=O)Nc2ccc3c(c2)[C@H]2C[C@@H](CC(=O)NCc4ccccn4)O[C@H](CO)[C@H]2O3)cc1. The number of urea groups is 1. The van der Waals surface area contributed by atoms with E-state index in [1.54, 1.807) is 49.7 Å². The van der Waals surface area contributed by atoms with Crippen molar-refractivity contribution in [3.63, 3.8) is 0 Å². The molecule has 10 nitrogen and oxygen atoms in total. The second kappa shape index (κ2) is 11.5. The molecular weight excluding hydrogens is 488 g/mol. The predicted octanol–water partition coefficient (Wildman–Crippen LogP) is 3.44. The van der Waals surface area contributed by atoms with E-state index < -0.39 is 6.10 Å². The molecule has 0 aliphatic carbocycles. The minimum Gasteiger partial charge on any atom is -0.497 e. The number of nitrogens with one attached hydrogen (secondary N) is 3. The highest BCUT2D eigenvalue weighted by atomic mass is 16.6. The second-order valence-electron chi connectivity index (χ2n) is 9.27. The Labute approximate surface area is 220 Å². The molecule has 0 bridgehead atoms. The van der Waals surface area contributed by atoms with E-state index in [9.17, 15) is 14.7 Å². The Morgan fingerprint density at radius 2 is 1.87 bits per heavy atom. The monoisotopic (exact) mass is 518 g/mol. The lowest BCUT2D eigenvalue weighted by Gasteiger charge is -2.37. The van der Waals surface area contributed by atoms with Gasteiger partial charge in [0.2, 0.25) is 5.91 Å². The number of aromatic nitrogens is 1. The molecule has 0 unspecified atom stereocenters. The fourth-order valence-electron chi connectivity index (χ4n) is 4.91. The van der Waals surface area contributed by atoms with Gasteiger partial charge in [-0.25, -0.2) is 4.79 Å². The fourth-order valence-corrected chi connectivity index (χ4v) is 4.91. The number of fused-ring (bicyclic) bond motifs is 3. The van der Waals surface area contributed by atoms with Gasteiger partial charge in [-0.2, -0.15) is 0 Å². The molecule has 10 heteroatoms. The lowest BCUT2D eigenvalue weighted by Crippen LogP contribution is -2.47. The zero-order chi connectivity index (χ0) is 26.5. The summed E-state index contributed by atoms with van der Waals surface area (Å²) in [5.74, 6) is 1.14. The number of aliphatic hydroxyl groups is 1. The van der Waals surface area contributed by atoms with Crippen molar-refractivity contribution in [3.8, 4) is 11.5 Å². The van der Waals surface area contributed by atoms with Gasteiger partial charge in [0.1, 0.15) is 23.7 Å². The van der Waals surface area contributed by atoms with Crippen LogP contribution >= 0.6 is 0 Å². The zero-order valence-corrected chi connectivity index (χ0v) is 20.9. The number of rotatable bonds is 8. The van der Waals surface area contributed by atoms with Gasteiger partial charge in [0.15, 0.2) is 0 Å². The van der Waals surface area contributed by atoms with Crippen LogP contribution in [0.1, 0.15) is 30.0 Å². The van der Waals surface area contributed by atoms with Gasteiger partial charge in [0.05, 0.1) is 38.5 Å². The van der Waals surface area contributed by atoms with Crippen molar-refractivity contribution in [2.75, 3.05) is 24.4 Å². The predicted molar refractivity (Wildman–Crippen MR) is 140 cm³/mol. The van der Waals surface area contributed by atoms with Gasteiger partial charge in [0, 0.05) is 29.1 Å². The van der Waals surface area contributed by atoms with Crippen molar-refractivity contribution in [2.45, 2.75) is 43.6 Å². The van der Waals surface area contributed by atoms with Crippen molar-refractivity contribution in [1.29, 1.82) is 0 Å². The molecule has 1 saturated heterocycles. The van der Waals surface area contributed by atoms with E-state index >= 15 is 0 Å². The van der Waals surface area contributed by atoms with E-state index in [-0.39, 0.29) is 43.1 Å². The number of aliphatic hydroxyl groups excluding tert-OH is 1. The van der Waals surface area contributed by atoms with Crippen LogP contribution in [0.3, 0.4) is 0 Å². The summed E-state index contributed by atoms with van der Waals surface area (Å²) in [6.07, 6.45) is 1.06. The van der Waals surface area contributed by atoms with Crippen LogP contribution in [0.2, 0.25) is 0 Å². The van der Waals surface area contributed by atoms with Gasteiger partial charge in [0.25, 0.3) is 0 Å². The van der Waals surface area contributed by atoms with Crippen molar-refractivity contribution in [1.82, 2.24) is 10.3 Å². The number of carbonyl (C=O) groups is 2. The largest absolute Gasteiger partial charge is 0.497 e. The summed E-state index contributed by atoms with van der Waals surface area (Å²) >= 11 is 0. The third-order valence-electron chi connectivity index (χ3n) is 6.71. The molecule has 5 rings (SSSR count). The first-order chi connectivity index (χ1) is 18.5. The van der Waals surface area contributed by atoms with E-state index in [1.807, 2.05) is 24.3 Å². The highest BCUT2D eigenvalue weighted by Crippen LogP contribution is 2.47. The number of hydrogen-bond acceptors (Lipinski definition) is 7. The van der Waals surface area contributed by atoms with Crippen LogP contribution in [0.5, 0.6) is 11.5 Å². The number of hydrogen-bond donors (Lipinski definition) is 4. The molecule has 2 aliphatic rings. The molecular formula is C28H30N4O6. The third-order valence-corrected chi connectivity index (χ3v) is 6.71. The number of methoxy groups -OCH3 is 1. The first kappa shape index (κ1) is 25.5. The Morgan fingerprint density at radius 3 is 2.61 bits per heavy atom. The van der Waals surface area contributed by atoms with E-state index in [0.29, 0.717) is 35.8 Å². The third kappa shape index (κ3) is 5.87. The summed E-state index contributed by atoms with van der Waals surface area (Å²) in [6, 6.07) is 17.6. The van der Waals surface area contributed by atoms with E-state index in [4.69, 9.17) is 14.2 Å². The summed E-state index contributed by atoms with van der Waals surface area (Å²) in [6.45, 7) is 0.109. The average Bonchev–Trinajstić information content (AvgIpc) is 3.30. The highest BCUT2D eigenvalue weighted by molar-refractivity contribution is 5.99. The summed E-state index contributed by atoms with van der Waals surface area (Å²) < 4.78 is 17.3. The first-order valence-electron chi connectivity index (χ1n) is 12.5. The van der Waals surface area contributed by atoms with Crippen LogP contribution in [-0.2, 0) is 16.1 Å². The lowest BCUT2D eigenvalue weighted by atomic mass is 9.84. The fraction of sp³-hybridized carbons (Fsp3) is 0.321. The second-order valence-corrected chi connectivity index (χ2v) is 9.27. The molecule has 2 aliphatic heterocycles. The molecule has 1 aromatic heterocycles. The van der Waals surface area contributed by atoms with Crippen LogP contribution in [0, 0.1) is 0 Å². The van der Waals surface area contributed by atoms with Crippen LogP contribution in [-0.4, -0.2) is 54.1 Å². The van der Waals surface area contributed by atoms with Gasteiger partial charge in [-0.05, 0) is 61.0 Å². The minimum absolute atomic E-state index is 0.0871. The number of ether oxygens (including phenoxy) is 3. The smallest absolute Gasteiger partial charge is 0.323 e. The van der Waals surface area contributed by atoms with Crippen LogP contribution in [0.25, 0.3) is 0 Å². The summed E-state index contributed by atoms with van der Waals surface area (Å²) in [5, 5.41) is 18.5. The van der Waals surface area contributed by atoms with Crippen LogP contribution < -0.4 is 25.4 Å². The number of amides is 3. The Bertz CT molecular complexity index is 1270. The minimum atomic E-state index is -0.565. The number of nitrogens with zero attached hydrogens (tertiary/aromatic N) is 1. The van der Waals surface area contributed by atoms with Gasteiger partial charge >= 0.3 is 6.03 Å². The zero-order valence-electron chi connectivity index (χ0n) is 20.9. The topological polar surface area (TPSA) is 131 Å². The Kier molecular flexibility index (Phi) is 7.71. The van der Waals surface area contributed by atoms with Gasteiger partial charge in [-0.3, -0.25) is 9.78 Å². The summed E-state index contributed by atoms with van der Waals surface area (Å²) in [7, 11) is 1.58. The molecule has 4 atom stereocenters. The first-order valence-corrected chi connectivity index (χ1v) is 12.5. The molecule has 0 saturated carbocycles. The van der Waals surface area contributed by atoms with Crippen LogP contribution in [0.4, 0.5) is 16.2 Å². The van der Waals surface area contributed by atoms with Crippen molar-refractivity contribution >= 4 is 23.3 Å². The van der Waals surface area contributed by atoms with E-state index in [2.05, 4.69) is 20.9 Å². The Hall–Kier alpha value is -4.15. The maximum Gasteiger partial charge on any atom is 0.323 e. The number of anilines is 2. The normalized spacial score (nSPS) is 21.4. The molecule has 3 aromatic rings. The summed E-state index contributed by atoms with van der Waals surface area (Å²) in [4.78, 5) is 29.4. The van der Waals surface area contributed by atoms with Gasteiger partial charge in [-0.1, -0.05) is 6.07 Å². The molecule has 4 N–H and O–H groups in total. The van der Waals surface area contributed by atoms with Gasteiger partial charge < -0.3 is 35.3 Å². The standard InChI is InChI=1S/C28H30N4O6/c1-36-20-8-5-17(6-9-20)31-28(35)32-18-7-10-24-22(12-18)23-13-21(37-25(16-33)27(23)38-24)14-26(34)30-15-19-4-2-3-11-29-19/h2-12,21,23,25,27,33H,13-16H2,1H3,(H,30,34)(H2,31,32,35)/t21-,23+,25+,27-/m0/s1. The number of carbonyl (C=O) groups excluding carboxylic acids is 2. The van der Waals surface area contributed by atoms with Crippen molar-refractivity contribution in [3.05, 3.63) is 78.1 Å². The van der Waals surface area contributed by atoms with Gasteiger partial charge in [-0.15, -0.1) is 0 Å². The summed E-state index contributed by atoms with van der Waals surface area (Å²) in [5.41, 5.74) is 2.92. The molecule has 0 spiro atoms. The molecule has 38 heavy (non-hydrogen) atoms. The Morgan fingerprint density at radius 1 is 1.08 bits per heavy atom. The maximum absolute atomic E-state index is 12.6. The maximum atomic E-state index is 12.6. The molecule has 198 valence electrons. The highest BCUT2D eigenvalue weighted by Gasteiger charge is 2.46. The quantitative estimate of drug-likeness (QED) is 0.359. The molecule has 2 aromatic carbocycles. The number of pyridine rings is 1. The van der Waals surface area contributed by atoms with E-state index in [0.717, 1.165) is 11.3 Å². The number of benzene rings is 2. The molecule has 3 heterocycles. The van der Waals surface area contributed by atoms with Crippen LogP contribution in [0.15, 0.2) is 66.9 Å². The average molecular weight is 519 g/mol. The van der Waals surface area contributed by atoms with Crippen molar-refractivity contribution in [2.24, 2.45) is 0 Å². The van der Waals surface area contributed by atoms with Crippen molar-refractivity contribution < 1.29 is 28.9 Å².